The average Bonchev–Trinajstić information content (AvgIpc) is 2.39. The van der Waals surface area contributed by atoms with Crippen molar-refractivity contribution in [3.05, 3.63) is 0 Å². The number of carbonyl (C=O) groups excluding carboxylic acids is 1. The zero-order chi connectivity index (χ0) is 11.4. The fourth-order valence-electron chi connectivity index (χ4n) is 2.72. The van der Waals surface area contributed by atoms with Gasteiger partial charge in [0.1, 0.15) is 0 Å². The van der Waals surface area contributed by atoms with Gasteiger partial charge < -0.3 is 15.5 Å². The summed E-state index contributed by atoms with van der Waals surface area (Å²) in [5.41, 5.74) is 0. The van der Waals surface area contributed by atoms with E-state index in [2.05, 4.69) is 10.6 Å². The summed E-state index contributed by atoms with van der Waals surface area (Å²) in [5, 5.41) is 6.55. The van der Waals surface area contributed by atoms with Crippen molar-refractivity contribution in [2.75, 3.05) is 26.7 Å². The van der Waals surface area contributed by atoms with E-state index in [9.17, 15) is 4.79 Å². The summed E-state index contributed by atoms with van der Waals surface area (Å²) in [6.45, 7) is 2.64. The first-order valence-corrected chi connectivity index (χ1v) is 6.50. The van der Waals surface area contributed by atoms with Crippen molar-refractivity contribution >= 4 is 5.91 Å². The zero-order valence-corrected chi connectivity index (χ0v) is 10.2. The van der Waals surface area contributed by atoms with Crippen molar-refractivity contribution in [2.45, 2.75) is 44.2 Å². The predicted molar refractivity (Wildman–Crippen MR) is 64.3 cm³/mol. The van der Waals surface area contributed by atoms with Crippen LogP contribution in [0, 0.1) is 0 Å². The van der Waals surface area contributed by atoms with E-state index in [4.69, 9.17) is 0 Å². The summed E-state index contributed by atoms with van der Waals surface area (Å²) in [5.74, 6) is 0.263. The van der Waals surface area contributed by atoms with Crippen LogP contribution in [0.2, 0.25) is 0 Å². The fraction of sp³-hybridized carbons (Fsp3) is 0.917. The molecule has 2 N–H and O–H groups in total. The Balaban J connectivity index is 1.86. The molecule has 16 heavy (non-hydrogen) atoms. The molecule has 2 fully saturated rings. The highest BCUT2D eigenvalue weighted by Gasteiger charge is 2.28. The van der Waals surface area contributed by atoms with Crippen LogP contribution >= 0.6 is 0 Å². The largest absolute Gasteiger partial charge is 0.341 e. The van der Waals surface area contributed by atoms with Gasteiger partial charge in [-0.15, -0.1) is 0 Å². The second-order valence-electron chi connectivity index (χ2n) is 4.95. The number of nitrogens with zero attached hydrogens (tertiary/aromatic N) is 1. The van der Waals surface area contributed by atoms with E-state index in [-0.39, 0.29) is 11.9 Å². The smallest absolute Gasteiger partial charge is 0.241 e. The van der Waals surface area contributed by atoms with E-state index in [1.54, 1.807) is 0 Å². The number of hydrogen-bond acceptors (Lipinski definition) is 3. The highest BCUT2D eigenvalue weighted by molar-refractivity contribution is 5.82. The number of amides is 1. The lowest BCUT2D eigenvalue weighted by molar-refractivity contribution is -0.135. The fourth-order valence-corrected chi connectivity index (χ4v) is 2.72. The molecule has 4 nitrogen and oxygen atoms in total. The van der Waals surface area contributed by atoms with Crippen molar-refractivity contribution in [1.29, 1.82) is 0 Å². The Kier molecular flexibility index (Phi) is 4.18. The van der Waals surface area contributed by atoms with Crippen LogP contribution in [0.4, 0.5) is 0 Å². The van der Waals surface area contributed by atoms with Crippen molar-refractivity contribution in [3.63, 3.8) is 0 Å². The first kappa shape index (κ1) is 11.9. The lowest BCUT2D eigenvalue weighted by Crippen LogP contribution is -2.57. The molecule has 2 aliphatic rings. The number of piperazine rings is 1. The molecule has 1 aliphatic carbocycles. The van der Waals surface area contributed by atoms with E-state index < -0.39 is 0 Å². The van der Waals surface area contributed by atoms with Gasteiger partial charge in [0.05, 0.1) is 6.04 Å². The Morgan fingerprint density at radius 2 is 1.94 bits per heavy atom. The molecule has 1 aliphatic heterocycles. The molecule has 2 rings (SSSR count). The monoisotopic (exact) mass is 225 g/mol. The molecule has 0 spiro atoms. The van der Waals surface area contributed by atoms with Gasteiger partial charge in [-0.3, -0.25) is 4.79 Å². The summed E-state index contributed by atoms with van der Waals surface area (Å²) < 4.78 is 0. The Hall–Kier alpha value is -0.610. The molecule has 0 aromatic heterocycles. The maximum atomic E-state index is 12.2. The van der Waals surface area contributed by atoms with E-state index in [0.29, 0.717) is 6.04 Å². The number of nitrogens with one attached hydrogen (secondary N) is 2. The van der Waals surface area contributed by atoms with E-state index in [0.717, 1.165) is 19.6 Å². The van der Waals surface area contributed by atoms with E-state index in [1.807, 2.05) is 11.9 Å². The van der Waals surface area contributed by atoms with Crippen LogP contribution in [0.15, 0.2) is 0 Å². The summed E-state index contributed by atoms with van der Waals surface area (Å²) in [6.07, 6.45) is 6.25. The molecule has 1 saturated carbocycles. The highest BCUT2D eigenvalue weighted by Crippen LogP contribution is 2.22. The molecule has 1 heterocycles. The first-order chi connectivity index (χ1) is 7.79. The predicted octanol–water partition coefficient (Wildman–Crippen LogP) is 0.339. The lowest BCUT2D eigenvalue weighted by Gasteiger charge is -2.35. The molecule has 1 unspecified atom stereocenters. The maximum absolute atomic E-state index is 12.2. The normalized spacial score (nSPS) is 27.7. The first-order valence-electron chi connectivity index (χ1n) is 6.50. The lowest BCUT2D eigenvalue weighted by atomic mass is 9.94. The Morgan fingerprint density at radius 3 is 2.56 bits per heavy atom. The van der Waals surface area contributed by atoms with Gasteiger partial charge in [0.2, 0.25) is 5.91 Å². The third-order valence-electron chi connectivity index (χ3n) is 3.81. The van der Waals surface area contributed by atoms with Crippen LogP contribution in [0.3, 0.4) is 0 Å². The van der Waals surface area contributed by atoms with E-state index in [1.165, 1.54) is 32.1 Å². The standard InChI is InChI=1S/C12H23N3O/c1-15(10-5-3-2-4-6-10)12(16)11-9-13-7-8-14-11/h10-11,13-14H,2-9H2,1H3. The van der Waals surface area contributed by atoms with Crippen molar-refractivity contribution in [3.8, 4) is 0 Å². The molecule has 4 heteroatoms. The van der Waals surface area contributed by atoms with Gasteiger partial charge in [-0.2, -0.15) is 0 Å². The third kappa shape index (κ3) is 2.74. The molecular formula is C12H23N3O. The molecule has 92 valence electrons. The molecule has 0 aromatic rings. The van der Waals surface area contributed by atoms with Gasteiger partial charge in [-0.25, -0.2) is 0 Å². The minimum absolute atomic E-state index is 0.0133. The Bertz CT molecular complexity index is 232. The molecule has 0 radical (unpaired) electrons. The van der Waals surface area contributed by atoms with E-state index >= 15 is 0 Å². The summed E-state index contributed by atoms with van der Waals surface area (Å²) in [7, 11) is 1.97. The molecule has 1 atom stereocenters. The minimum atomic E-state index is -0.0133. The molecule has 1 saturated heterocycles. The number of hydrogen-bond donors (Lipinski definition) is 2. The SMILES string of the molecule is CN(C(=O)C1CNCCN1)C1CCCCC1. The van der Waals surface area contributed by atoms with Crippen molar-refractivity contribution < 1.29 is 4.79 Å². The Morgan fingerprint density at radius 1 is 1.19 bits per heavy atom. The Labute approximate surface area is 97.8 Å². The third-order valence-corrected chi connectivity index (χ3v) is 3.81. The topological polar surface area (TPSA) is 44.4 Å². The van der Waals surface area contributed by atoms with Gasteiger partial charge in [0.15, 0.2) is 0 Å². The van der Waals surface area contributed by atoms with Gasteiger partial charge in [0.25, 0.3) is 0 Å². The second kappa shape index (κ2) is 5.64. The molecule has 0 aromatic carbocycles. The second-order valence-corrected chi connectivity index (χ2v) is 4.95. The number of carbonyl (C=O) groups is 1. The van der Waals surface area contributed by atoms with Gasteiger partial charge >= 0.3 is 0 Å². The van der Waals surface area contributed by atoms with Crippen molar-refractivity contribution in [1.82, 2.24) is 15.5 Å². The van der Waals surface area contributed by atoms with Crippen LogP contribution < -0.4 is 10.6 Å². The van der Waals surface area contributed by atoms with Crippen LogP contribution in [-0.2, 0) is 4.79 Å². The summed E-state index contributed by atoms with van der Waals surface area (Å²) in [6, 6.07) is 0.464. The quantitative estimate of drug-likeness (QED) is 0.712. The van der Waals surface area contributed by atoms with Gasteiger partial charge in [0, 0.05) is 32.7 Å². The van der Waals surface area contributed by atoms with Crippen LogP contribution in [0.1, 0.15) is 32.1 Å². The van der Waals surface area contributed by atoms with Crippen LogP contribution in [-0.4, -0.2) is 49.6 Å². The summed E-state index contributed by atoms with van der Waals surface area (Å²) in [4.78, 5) is 14.2. The van der Waals surface area contributed by atoms with Gasteiger partial charge in [-0.1, -0.05) is 19.3 Å². The van der Waals surface area contributed by atoms with Crippen LogP contribution in [0.25, 0.3) is 0 Å². The maximum Gasteiger partial charge on any atom is 0.241 e. The minimum Gasteiger partial charge on any atom is -0.341 e. The number of likely N-dealkylation sites (N-methyl/N-ethyl adjacent to an activating group) is 1. The molecule has 1 amide bonds. The zero-order valence-electron chi connectivity index (χ0n) is 10.2. The van der Waals surface area contributed by atoms with Crippen molar-refractivity contribution in [2.24, 2.45) is 0 Å². The molecule has 0 bridgehead atoms. The highest BCUT2D eigenvalue weighted by atomic mass is 16.2. The molecular weight excluding hydrogens is 202 g/mol. The van der Waals surface area contributed by atoms with Crippen LogP contribution in [0.5, 0.6) is 0 Å². The summed E-state index contributed by atoms with van der Waals surface area (Å²) >= 11 is 0. The number of rotatable bonds is 2. The average molecular weight is 225 g/mol. The van der Waals surface area contributed by atoms with Gasteiger partial charge in [-0.05, 0) is 12.8 Å².